The highest BCUT2D eigenvalue weighted by Crippen LogP contribution is 2.42. The van der Waals surface area contributed by atoms with Crippen molar-refractivity contribution in [3.8, 4) is 5.75 Å². The van der Waals surface area contributed by atoms with E-state index in [2.05, 4.69) is 34.7 Å². The predicted molar refractivity (Wildman–Crippen MR) is 126 cm³/mol. The number of halogens is 1. The van der Waals surface area contributed by atoms with Gasteiger partial charge in [0.15, 0.2) is 5.96 Å². The molecule has 0 aliphatic heterocycles. The first-order valence-electron chi connectivity index (χ1n) is 9.83. The van der Waals surface area contributed by atoms with E-state index < -0.39 is 0 Å². The van der Waals surface area contributed by atoms with Gasteiger partial charge in [-0.05, 0) is 48.8 Å². The number of hydrogen-bond donors (Lipinski definition) is 2. The highest BCUT2D eigenvalue weighted by atomic mass is 127. The van der Waals surface area contributed by atoms with Gasteiger partial charge in [-0.25, -0.2) is 4.99 Å². The molecule has 2 N–H and O–H groups in total. The number of aliphatic imine (C=N–C) groups is 1. The zero-order chi connectivity index (χ0) is 19.7. The first kappa shape index (κ1) is 24.5. The molecule has 0 saturated heterocycles. The first-order chi connectivity index (χ1) is 13.0. The summed E-state index contributed by atoms with van der Waals surface area (Å²) in [6.45, 7) is 4.08. The van der Waals surface area contributed by atoms with Crippen molar-refractivity contribution >= 4 is 35.8 Å². The highest BCUT2D eigenvalue weighted by Gasteiger charge is 2.34. The van der Waals surface area contributed by atoms with E-state index in [1.54, 1.807) is 26.1 Å². The molecule has 1 aromatic carbocycles. The van der Waals surface area contributed by atoms with Crippen LogP contribution in [0, 0.1) is 5.41 Å². The summed E-state index contributed by atoms with van der Waals surface area (Å²) in [6, 6.07) is 8.08. The second-order valence-corrected chi connectivity index (χ2v) is 7.54. The fourth-order valence-corrected chi connectivity index (χ4v) is 3.18. The number of amides is 1. The molecule has 1 amide bonds. The molecule has 0 aromatic heterocycles. The maximum absolute atomic E-state index is 11.9. The molecule has 1 aliphatic rings. The van der Waals surface area contributed by atoms with E-state index in [-0.39, 0.29) is 36.4 Å². The van der Waals surface area contributed by atoms with E-state index in [0.29, 0.717) is 5.41 Å². The van der Waals surface area contributed by atoms with Crippen molar-refractivity contribution in [2.45, 2.75) is 39.0 Å². The minimum atomic E-state index is 0. The number of nitrogens with one attached hydrogen (secondary N) is 2. The molecule has 158 valence electrons. The molecule has 2 rings (SSSR count). The summed E-state index contributed by atoms with van der Waals surface area (Å²) in [4.78, 5) is 17.9. The van der Waals surface area contributed by atoms with Gasteiger partial charge in [0.1, 0.15) is 12.3 Å². The van der Waals surface area contributed by atoms with Crippen LogP contribution in [-0.2, 0) is 11.2 Å². The van der Waals surface area contributed by atoms with E-state index in [9.17, 15) is 4.79 Å². The van der Waals surface area contributed by atoms with Crippen molar-refractivity contribution in [3.05, 3.63) is 29.8 Å². The van der Waals surface area contributed by atoms with Crippen LogP contribution in [-0.4, -0.2) is 57.6 Å². The maximum Gasteiger partial charge on any atom is 0.243 e. The van der Waals surface area contributed by atoms with Gasteiger partial charge in [-0.15, -0.1) is 24.0 Å². The van der Waals surface area contributed by atoms with Gasteiger partial charge in [0, 0.05) is 27.2 Å². The lowest BCUT2D eigenvalue weighted by Gasteiger charge is -2.41. The van der Waals surface area contributed by atoms with Crippen molar-refractivity contribution in [3.63, 3.8) is 0 Å². The third kappa shape index (κ3) is 7.48. The molecule has 6 nitrogen and oxygen atoms in total. The van der Waals surface area contributed by atoms with Gasteiger partial charge in [-0.2, -0.15) is 0 Å². The number of rotatable bonds is 9. The summed E-state index contributed by atoms with van der Waals surface area (Å²) in [5, 5.41) is 6.83. The Kier molecular flexibility index (Phi) is 10.6. The van der Waals surface area contributed by atoms with E-state index in [0.717, 1.165) is 31.2 Å². The molecule has 1 saturated carbocycles. The Bertz CT molecular complexity index is 622. The molecule has 1 aromatic rings. The van der Waals surface area contributed by atoms with Gasteiger partial charge >= 0.3 is 0 Å². The van der Waals surface area contributed by atoms with Crippen LogP contribution in [0.1, 0.15) is 38.2 Å². The van der Waals surface area contributed by atoms with Crippen molar-refractivity contribution in [2.24, 2.45) is 10.4 Å². The van der Waals surface area contributed by atoms with Crippen molar-refractivity contribution in [1.29, 1.82) is 0 Å². The quantitative estimate of drug-likeness (QED) is 0.310. The van der Waals surface area contributed by atoms with Gasteiger partial charge in [-0.1, -0.05) is 25.5 Å². The lowest BCUT2D eigenvalue weighted by atomic mass is 9.67. The Labute approximate surface area is 186 Å². The minimum Gasteiger partial charge on any atom is -0.497 e. The van der Waals surface area contributed by atoms with Crippen LogP contribution < -0.4 is 15.4 Å². The van der Waals surface area contributed by atoms with Gasteiger partial charge in [0.2, 0.25) is 5.91 Å². The van der Waals surface area contributed by atoms with Crippen molar-refractivity contribution in [1.82, 2.24) is 15.5 Å². The molecule has 28 heavy (non-hydrogen) atoms. The molecular weight excluding hydrogens is 467 g/mol. The summed E-state index contributed by atoms with van der Waals surface area (Å²) in [6.07, 6.45) is 5.91. The minimum absolute atomic E-state index is 0. The van der Waals surface area contributed by atoms with E-state index >= 15 is 0 Å². The fourth-order valence-electron chi connectivity index (χ4n) is 3.18. The Balaban J connectivity index is 0.00000392. The van der Waals surface area contributed by atoms with Crippen molar-refractivity contribution in [2.75, 3.05) is 40.8 Å². The van der Waals surface area contributed by atoms with Crippen LogP contribution in [0.25, 0.3) is 0 Å². The number of nitrogens with zero attached hydrogens (tertiary/aromatic N) is 2. The van der Waals surface area contributed by atoms with Crippen LogP contribution in [0.4, 0.5) is 0 Å². The Hall–Kier alpha value is -1.51. The Morgan fingerprint density at radius 2 is 1.89 bits per heavy atom. The average molecular weight is 502 g/mol. The Morgan fingerprint density at radius 1 is 1.21 bits per heavy atom. The van der Waals surface area contributed by atoms with Gasteiger partial charge < -0.3 is 20.3 Å². The number of carbonyl (C=O) groups is 1. The maximum atomic E-state index is 11.9. The second-order valence-electron chi connectivity index (χ2n) is 7.54. The highest BCUT2D eigenvalue weighted by molar-refractivity contribution is 14.0. The summed E-state index contributed by atoms with van der Waals surface area (Å²) in [5.41, 5.74) is 1.63. The number of hydrogen-bond acceptors (Lipinski definition) is 3. The van der Waals surface area contributed by atoms with E-state index in [1.807, 2.05) is 12.1 Å². The number of ether oxygens (including phenoxy) is 1. The molecule has 0 spiro atoms. The second kappa shape index (κ2) is 12.1. The molecule has 0 radical (unpaired) electrons. The molecule has 0 heterocycles. The monoisotopic (exact) mass is 502 g/mol. The molecule has 0 bridgehead atoms. The molecule has 1 aliphatic carbocycles. The topological polar surface area (TPSA) is 66.0 Å². The lowest BCUT2D eigenvalue weighted by molar-refractivity contribution is -0.127. The van der Waals surface area contributed by atoms with Gasteiger partial charge in [0.25, 0.3) is 0 Å². The molecular formula is C21H35IN4O2. The average Bonchev–Trinajstić information content (AvgIpc) is 2.65. The predicted octanol–water partition coefficient (Wildman–Crippen LogP) is 3.06. The zero-order valence-electron chi connectivity index (χ0n) is 17.6. The van der Waals surface area contributed by atoms with E-state index in [4.69, 9.17) is 4.74 Å². The third-order valence-electron chi connectivity index (χ3n) is 5.53. The summed E-state index contributed by atoms with van der Waals surface area (Å²) in [5.74, 6) is 1.58. The molecule has 1 fully saturated rings. The normalized spacial score (nSPS) is 15.1. The lowest BCUT2D eigenvalue weighted by Crippen LogP contribution is -2.47. The fraction of sp³-hybridized carbons (Fsp3) is 0.619. The number of likely N-dealkylation sites (N-methyl/N-ethyl adjacent to an activating group) is 1. The van der Waals surface area contributed by atoms with Gasteiger partial charge in [0.05, 0.1) is 7.11 Å². The first-order valence-corrected chi connectivity index (χ1v) is 9.83. The van der Waals surface area contributed by atoms with Crippen LogP contribution in [0.5, 0.6) is 5.75 Å². The number of benzene rings is 1. The number of guanidine groups is 1. The summed E-state index contributed by atoms with van der Waals surface area (Å²) < 4.78 is 5.20. The number of carbonyl (C=O) groups excluding carboxylic acids is 1. The number of methoxy groups -OCH3 is 1. The summed E-state index contributed by atoms with van der Waals surface area (Å²) >= 11 is 0. The van der Waals surface area contributed by atoms with Crippen LogP contribution in [0.3, 0.4) is 0 Å². The van der Waals surface area contributed by atoms with E-state index in [1.165, 1.54) is 31.2 Å². The SMILES string of the molecule is CCC1(CNC(=NCC(=O)N(C)C)NCCc2ccc(OC)cc2)CCC1.I. The van der Waals surface area contributed by atoms with Crippen LogP contribution >= 0.6 is 24.0 Å². The van der Waals surface area contributed by atoms with Crippen molar-refractivity contribution < 1.29 is 9.53 Å². The van der Waals surface area contributed by atoms with Gasteiger partial charge in [-0.3, -0.25) is 4.79 Å². The standard InChI is InChI=1S/C21H34N4O2.HI/c1-5-21(12-6-13-21)16-24-20(23-15-19(26)25(2)3)22-14-11-17-7-9-18(27-4)10-8-17;/h7-10H,5-6,11-16H2,1-4H3,(H2,22,23,24);1H. The smallest absolute Gasteiger partial charge is 0.243 e. The third-order valence-corrected chi connectivity index (χ3v) is 5.53. The molecule has 0 atom stereocenters. The van der Waals surface area contributed by atoms with Crippen LogP contribution in [0.2, 0.25) is 0 Å². The summed E-state index contributed by atoms with van der Waals surface area (Å²) in [7, 11) is 5.18. The zero-order valence-corrected chi connectivity index (χ0v) is 19.9. The van der Waals surface area contributed by atoms with Crippen LogP contribution in [0.15, 0.2) is 29.3 Å². The molecule has 7 heteroatoms. The largest absolute Gasteiger partial charge is 0.497 e. The Morgan fingerprint density at radius 3 is 2.39 bits per heavy atom. The molecule has 0 unspecified atom stereocenters.